The minimum atomic E-state index is -0.0637. The Balaban J connectivity index is 2.67. The van der Waals surface area contributed by atoms with Gasteiger partial charge in [-0.15, -0.1) is 0 Å². The molecule has 0 spiro atoms. The summed E-state index contributed by atoms with van der Waals surface area (Å²) in [5, 5.41) is 0.488. The van der Waals surface area contributed by atoms with Gasteiger partial charge in [0.2, 0.25) is 5.88 Å². The van der Waals surface area contributed by atoms with Crippen LogP contribution < -0.4 is 4.74 Å². The van der Waals surface area contributed by atoms with E-state index in [2.05, 4.69) is 20.9 Å². The molecule has 0 saturated heterocycles. The van der Waals surface area contributed by atoms with E-state index in [0.29, 0.717) is 17.5 Å². The van der Waals surface area contributed by atoms with Gasteiger partial charge in [0.1, 0.15) is 11.1 Å². The maximum atomic E-state index is 5.92. The van der Waals surface area contributed by atoms with E-state index in [1.165, 1.54) is 0 Å². The molecule has 1 unspecified atom stereocenters. The van der Waals surface area contributed by atoms with Crippen molar-refractivity contribution in [3.8, 4) is 5.88 Å². The first-order valence-corrected chi connectivity index (χ1v) is 5.27. The number of halogens is 2. The van der Waals surface area contributed by atoms with Crippen LogP contribution in [0.1, 0.15) is 6.92 Å². The van der Waals surface area contributed by atoms with Gasteiger partial charge in [-0.1, -0.05) is 11.6 Å². The monoisotopic (exact) mass is 279 g/mol. The lowest BCUT2D eigenvalue weighted by molar-refractivity contribution is 0.0890. The normalized spacial score (nSPS) is 12.6. The third kappa shape index (κ3) is 3.44. The number of nitrogens with zero attached hydrogens (tertiary/aromatic N) is 1. The molecule has 1 heterocycles. The first kappa shape index (κ1) is 11.8. The Labute approximate surface area is 96.5 Å². The number of hydrogen-bond donors (Lipinski definition) is 0. The maximum absolute atomic E-state index is 5.92. The largest absolute Gasteiger partial charge is 0.471 e. The van der Waals surface area contributed by atoms with E-state index in [1.807, 2.05) is 6.92 Å². The van der Waals surface area contributed by atoms with Crippen molar-refractivity contribution in [3.05, 3.63) is 21.8 Å². The van der Waals surface area contributed by atoms with Gasteiger partial charge in [-0.25, -0.2) is 4.98 Å². The zero-order chi connectivity index (χ0) is 10.6. The van der Waals surface area contributed by atoms with E-state index in [4.69, 9.17) is 21.1 Å². The molecule has 0 bridgehead atoms. The van der Waals surface area contributed by atoms with Gasteiger partial charge in [-0.3, -0.25) is 0 Å². The fourth-order valence-corrected chi connectivity index (χ4v) is 1.62. The maximum Gasteiger partial charge on any atom is 0.232 e. The van der Waals surface area contributed by atoms with Crippen molar-refractivity contribution in [1.82, 2.24) is 4.98 Å². The summed E-state index contributed by atoms with van der Waals surface area (Å²) in [5.41, 5.74) is 0. The Morgan fingerprint density at radius 3 is 2.93 bits per heavy atom. The number of ether oxygens (including phenoxy) is 2. The van der Waals surface area contributed by atoms with Crippen LogP contribution in [0.5, 0.6) is 5.88 Å². The molecule has 0 aliphatic carbocycles. The Bertz CT molecular complexity index is 309. The summed E-state index contributed by atoms with van der Waals surface area (Å²) in [5.74, 6) is 0.430. The van der Waals surface area contributed by atoms with Crippen LogP contribution in [-0.4, -0.2) is 24.8 Å². The minimum absolute atomic E-state index is 0.0637. The van der Waals surface area contributed by atoms with Gasteiger partial charge < -0.3 is 9.47 Å². The standard InChI is InChI=1S/C9H11BrClNO2/c1-6(5-13-2)14-9-8(11)3-7(10)4-12-9/h3-4,6H,5H2,1-2H3. The van der Waals surface area contributed by atoms with E-state index in [-0.39, 0.29) is 6.10 Å². The highest BCUT2D eigenvalue weighted by atomic mass is 79.9. The average molecular weight is 281 g/mol. The van der Waals surface area contributed by atoms with E-state index >= 15 is 0 Å². The summed E-state index contributed by atoms with van der Waals surface area (Å²) in [4.78, 5) is 4.04. The van der Waals surface area contributed by atoms with Crippen molar-refractivity contribution in [1.29, 1.82) is 0 Å². The van der Waals surface area contributed by atoms with Crippen molar-refractivity contribution in [2.45, 2.75) is 13.0 Å². The van der Waals surface area contributed by atoms with Gasteiger partial charge in [-0.05, 0) is 28.9 Å². The first-order valence-electron chi connectivity index (χ1n) is 4.10. The average Bonchev–Trinajstić information content (AvgIpc) is 2.10. The summed E-state index contributed by atoms with van der Waals surface area (Å²) >= 11 is 9.18. The predicted molar refractivity (Wildman–Crippen MR) is 58.9 cm³/mol. The second-order valence-corrected chi connectivity index (χ2v) is 4.15. The second kappa shape index (κ2) is 5.53. The lowest BCUT2D eigenvalue weighted by Crippen LogP contribution is -2.18. The molecule has 0 aliphatic rings. The Hall–Kier alpha value is -0.320. The summed E-state index contributed by atoms with van der Waals surface area (Å²) in [6, 6.07) is 1.74. The zero-order valence-electron chi connectivity index (χ0n) is 7.96. The number of pyridine rings is 1. The van der Waals surface area contributed by atoms with Crippen molar-refractivity contribution in [2.24, 2.45) is 0 Å². The molecule has 1 atom stereocenters. The molecule has 0 aliphatic heterocycles. The molecule has 1 rings (SSSR count). The van der Waals surface area contributed by atoms with Gasteiger partial charge >= 0.3 is 0 Å². The van der Waals surface area contributed by atoms with E-state index in [9.17, 15) is 0 Å². The zero-order valence-corrected chi connectivity index (χ0v) is 10.3. The van der Waals surface area contributed by atoms with Crippen LogP contribution >= 0.6 is 27.5 Å². The van der Waals surface area contributed by atoms with Crippen molar-refractivity contribution in [2.75, 3.05) is 13.7 Å². The summed E-state index contributed by atoms with van der Waals surface area (Å²) in [6.07, 6.45) is 1.58. The van der Waals surface area contributed by atoms with Crippen LogP contribution in [0.4, 0.5) is 0 Å². The molecule has 3 nitrogen and oxygen atoms in total. The summed E-state index contributed by atoms with van der Waals surface area (Å²) in [6.45, 7) is 2.40. The summed E-state index contributed by atoms with van der Waals surface area (Å²) < 4.78 is 11.2. The molecule has 5 heteroatoms. The van der Waals surface area contributed by atoms with Crippen molar-refractivity contribution >= 4 is 27.5 Å². The molecule has 0 radical (unpaired) electrons. The smallest absolute Gasteiger partial charge is 0.232 e. The molecular weight excluding hydrogens is 269 g/mol. The molecule has 0 fully saturated rings. The van der Waals surface area contributed by atoms with Crippen LogP contribution in [-0.2, 0) is 4.74 Å². The minimum Gasteiger partial charge on any atom is -0.471 e. The SMILES string of the molecule is COCC(C)Oc1ncc(Br)cc1Cl. The predicted octanol–water partition coefficient (Wildman–Crippen LogP) is 2.91. The van der Waals surface area contributed by atoms with Crippen molar-refractivity contribution in [3.63, 3.8) is 0 Å². The van der Waals surface area contributed by atoms with Gasteiger partial charge in [0.25, 0.3) is 0 Å². The lowest BCUT2D eigenvalue weighted by atomic mass is 10.4. The molecular formula is C9H11BrClNO2. The number of rotatable bonds is 4. The highest BCUT2D eigenvalue weighted by molar-refractivity contribution is 9.10. The van der Waals surface area contributed by atoms with E-state index < -0.39 is 0 Å². The van der Waals surface area contributed by atoms with Gasteiger partial charge in [-0.2, -0.15) is 0 Å². The van der Waals surface area contributed by atoms with Crippen LogP contribution in [0.25, 0.3) is 0 Å². The quantitative estimate of drug-likeness (QED) is 0.850. The molecule has 1 aromatic heterocycles. The van der Waals surface area contributed by atoms with Gasteiger partial charge in [0.15, 0.2) is 0 Å². The van der Waals surface area contributed by atoms with Crippen LogP contribution in [0, 0.1) is 0 Å². The Morgan fingerprint density at radius 1 is 1.64 bits per heavy atom. The van der Waals surface area contributed by atoms with Gasteiger partial charge in [0, 0.05) is 17.8 Å². The third-order valence-electron chi connectivity index (χ3n) is 1.49. The van der Waals surface area contributed by atoms with Crippen LogP contribution in [0.3, 0.4) is 0 Å². The molecule has 14 heavy (non-hydrogen) atoms. The Morgan fingerprint density at radius 2 is 2.36 bits per heavy atom. The highest BCUT2D eigenvalue weighted by Crippen LogP contribution is 2.25. The fraction of sp³-hybridized carbons (Fsp3) is 0.444. The molecule has 0 saturated carbocycles. The topological polar surface area (TPSA) is 31.4 Å². The van der Waals surface area contributed by atoms with Crippen LogP contribution in [0.15, 0.2) is 16.7 Å². The number of aromatic nitrogens is 1. The molecule has 1 aromatic rings. The summed E-state index contributed by atoms with van der Waals surface area (Å²) in [7, 11) is 1.62. The van der Waals surface area contributed by atoms with Crippen molar-refractivity contribution < 1.29 is 9.47 Å². The number of hydrogen-bond acceptors (Lipinski definition) is 3. The molecule has 0 N–H and O–H groups in total. The molecule has 0 aromatic carbocycles. The Kier molecular flexibility index (Phi) is 4.65. The first-order chi connectivity index (χ1) is 6.63. The highest BCUT2D eigenvalue weighted by Gasteiger charge is 2.08. The van der Waals surface area contributed by atoms with Crippen LogP contribution in [0.2, 0.25) is 5.02 Å². The second-order valence-electron chi connectivity index (χ2n) is 2.82. The molecule has 0 amide bonds. The third-order valence-corrected chi connectivity index (χ3v) is 2.19. The van der Waals surface area contributed by atoms with Gasteiger partial charge in [0.05, 0.1) is 6.61 Å². The lowest BCUT2D eigenvalue weighted by Gasteiger charge is -2.13. The molecule has 78 valence electrons. The fourth-order valence-electron chi connectivity index (χ4n) is 0.948. The van der Waals surface area contributed by atoms with E-state index in [0.717, 1.165) is 4.47 Å². The number of methoxy groups -OCH3 is 1. The van der Waals surface area contributed by atoms with E-state index in [1.54, 1.807) is 19.4 Å².